The van der Waals surface area contributed by atoms with Gasteiger partial charge in [0.1, 0.15) is 0 Å². The largest absolute Gasteiger partial charge is 0.326 e. The number of hydrogen-bond acceptors (Lipinski definition) is 7. The van der Waals surface area contributed by atoms with Crippen molar-refractivity contribution in [1.29, 1.82) is 0 Å². The number of anilines is 2. The number of thiazole rings is 1. The molecular weight excluding hydrogens is 402 g/mol. The van der Waals surface area contributed by atoms with Gasteiger partial charge in [-0.05, 0) is 44.0 Å². The molecule has 0 unspecified atom stereocenters. The summed E-state index contributed by atoms with van der Waals surface area (Å²) in [5.41, 5.74) is 5.28. The van der Waals surface area contributed by atoms with Crippen LogP contribution >= 0.6 is 11.3 Å². The average molecular weight is 419 g/mol. The lowest BCUT2D eigenvalue weighted by molar-refractivity contribution is -0.116. The highest BCUT2D eigenvalue weighted by Gasteiger charge is 2.18. The lowest BCUT2D eigenvalue weighted by atomic mass is 9.99. The van der Waals surface area contributed by atoms with Crippen molar-refractivity contribution < 1.29 is 9.59 Å². The second kappa shape index (κ2) is 6.99. The van der Waals surface area contributed by atoms with Crippen LogP contribution in [-0.4, -0.2) is 36.4 Å². The van der Waals surface area contributed by atoms with Crippen molar-refractivity contribution in [3.63, 3.8) is 0 Å². The second-order valence-corrected chi connectivity index (χ2v) is 7.96. The zero-order chi connectivity index (χ0) is 20.8. The molecule has 3 aromatic heterocycles. The molecule has 2 amide bonds. The number of aryl methyl sites for hydroxylation is 3. The fraction of sp³-hybridized carbons (Fsp3) is 0.200. The van der Waals surface area contributed by atoms with E-state index in [0.29, 0.717) is 23.8 Å². The molecule has 1 aromatic carbocycles. The fourth-order valence-corrected chi connectivity index (χ4v) is 4.14. The van der Waals surface area contributed by atoms with Crippen LogP contribution in [-0.2, 0) is 11.2 Å². The van der Waals surface area contributed by atoms with E-state index in [1.54, 1.807) is 4.52 Å². The first-order valence-corrected chi connectivity index (χ1v) is 10.3. The highest BCUT2D eigenvalue weighted by molar-refractivity contribution is 7.14. The normalized spacial score (nSPS) is 13.2. The van der Waals surface area contributed by atoms with Gasteiger partial charge in [0, 0.05) is 34.4 Å². The minimum Gasteiger partial charge on any atom is -0.326 e. The average Bonchev–Trinajstić information content (AvgIpc) is 3.35. The number of nitrogens with one attached hydrogen (secondary N) is 2. The molecule has 0 fully saturated rings. The molecular formula is C20H17N7O2S. The molecule has 0 bridgehead atoms. The van der Waals surface area contributed by atoms with Crippen LogP contribution in [0.4, 0.5) is 10.8 Å². The van der Waals surface area contributed by atoms with Crippen molar-refractivity contribution in [3.8, 4) is 11.3 Å². The number of aromatic nitrogens is 5. The summed E-state index contributed by atoms with van der Waals surface area (Å²) >= 11 is 1.33. The fourth-order valence-electron chi connectivity index (χ4n) is 3.42. The van der Waals surface area contributed by atoms with Gasteiger partial charge >= 0.3 is 0 Å². The van der Waals surface area contributed by atoms with Gasteiger partial charge in [0.25, 0.3) is 11.7 Å². The molecule has 0 saturated heterocycles. The third-order valence-corrected chi connectivity index (χ3v) is 5.60. The Balaban J connectivity index is 1.37. The third-order valence-electron chi connectivity index (χ3n) is 4.84. The maximum atomic E-state index is 12.6. The van der Waals surface area contributed by atoms with Gasteiger partial charge in [-0.25, -0.2) is 14.5 Å². The highest BCUT2D eigenvalue weighted by atomic mass is 32.1. The van der Waals surface area contributed by atoms with E-state index in [1.165, 1.54) is 11.3 Å². The monoisotopic (exact) mass is 419 g/mol. The number of carbonyl (C=O) groups excluding carboxylic acids is 2. The predicted molar refractivity (Wildman–Crippen MR) is 113 cm³/mol. The Kier molecular flexibility index (Phi) is 4.28. The zero-order valence-electron chi connectivity index (χ0n) is 16.3. The maximum absolute atomic E-state index is 12.6. The van der Waals surface area contributed by atoms with E-state index in [9.17, 15) is 9.59 Å². The van der Waals surface area contributed by atoms with Crippen molar-refractivity contribution in [2.45, 2.75) is 26.7 Å². The Morgan fingerprint density at radius 2 is 2.03 bits per heavy atom. The first-order chi connectivity index (χ1) is 14.5. The summed E-state index contributed by atoms with van der Waals surface area (Å²) in [6, 6.07) is 7.69. The zero-order valence-corrected chi connectivity index (χ0v) is 17.1. The molecule has 10 heteroatoms. The smallest absolute Gasteiger partial charge is 0.297 e. The van der Waals surface area contributed by atoms with Crippen LogP contribution < -0.4 is 10.6 Å². The Morgan fingerprint density at radius 3 is 2.90 bits per heavy atom. The van der Waals surface area contributed by atoms with Gasteiger partial charge in [-0.1, -0.05) is 6.07 Å². The number of rotatable bonds is 3. The van der Waals surface area contributed by atoms with Gasteiger partial charge in [0.05, 0.1) is 5.69 Å². The summed E-state index contributed by atoms with van der Waals surface area (Å²) in [7, 11) is 0. The topological polar surface area (TPSA) is 114 Å². The van der Waals surface area contributed by atoms with E-state index in [-0.39, 0.29) is 11.7 Å². The van der Waals surface area contributed by atoms with E-state index >= 15 is 0 Å². The van der Waals surface area contributed by atoms with Gasteiger partial charge in [-0.2, -0.15) is 4.98 Å². The van der Waals surface area contributed by atoms with Crippen molar-refractivity contribution in [1.82, 2.24) is 24.6 Å². The lowest BCUT2D eigenvalue weighted by Gasteiger charge is -2.17. The molecule has 1 aliphatic rings. The van der Waals surface area contributed by atoms with Crippen molar-refractivity contribution >= 4 is 39.7 Å². The minimum atomic E-state index is -0.438. The number of amides is 2. The first kappa shape index (κ1) is 18.4. The molecule has 4 aromatic rings. The van der Waals surface area contributed by atoms with Crippen LogP contribution in [0.3, 0.4) is 0 Å². The number of fused-ring (bicyclic) bond motifs is 2. The van der Waals surface area contributed by atoms with E-state index in [4.69, 9.17) is 0 Å². The molecule has 1 aliphatic heterocycles. The summed E-state index contributed by atoms with van der Waals surface area (Å²) in [6.45, 7) is 3.75. The third kappa shape index (κ3) is 3.30. The Morgan fingerprint density at radius 1 is 1.17 bits per heavy atom. The standard InChI is InChI=1S/C20H17N7O2S/c1-10-7-11(2)27-19(21-10)24-17(26-27)18(29)25-20-23-15(9-30-20)13-3-5-14-12(8-13)4-6-16(28)22-14/h3,5,7-9H,4,6H2,1-2H3,(H,22,28)(H,23,25,29). The molecule has 4 heterocycles. The molecule has 0 spiro atoms. The Labute approximate surface area is 175 Å². The highest BCUT2D eigenvalue weighted by Crippen LogP contribution is 2.30. The van der Waals surface area contributed by atoms with Gasteiger partial charge in [-0.15, -0.1) is 16.4 Å². The van der Waals surface area contributed by atoms with Gasteiger partial charge < -0.3 is 5.32 Å². The van der Waals surface area contributed by atoms with E-state index in [0.717, 1.165) is 33.9 Å². The molecule has 0 atom stereocenters. The molecule has 150 valence electrons. The van der Waals surface area contributed by atoms with Crippen LogP contribution in [0.25, 0.3) is 17.0 Å². The Hall–Kier alpha value is -3.66. The summed E-state index contributed by atoms with van der Waals surface area (Å²) in [5.74, 6) is 0.0257. The van der Waals surface area contributed by atoms with Crippen LogP contribution in [0, 0.1) is 13.8 Å². The molecule has 30 heavy (non-hydrogen) atoms. The summed E-state index contributed by atoms with van der Waals surface area (Å²) in [4.78, 5) is 37.2. The van der Waals surface area contributed by atoms with Crippen LogP contribution in [0.5, 0.6) is 0 Å². The molecule has 0 saturated carbocycles. The lowest BCUT2D eigenvalue weighted by Crippen LogP contribution is -2.18. The number of benzene rings is 1. The van der Waals surface area contributed by atoms with Crippen LogP contribution in [0.2, 0.25) is 0 Å². The van der Waals surface area contributed by atoms with Crippen molar-refractivity contribution in [3.05, 3.63) is 52.4 Å². The molecule has 2 N–H and O–H groups in total. The number of carbonyl (C=O) groups is 2. The van der Waals surface area contributed by atoms with Gasteiger partial charge in [0.15, 0.2) is 5.13 Å². The van der Waals surface area contributed by atoms with Crippen LogP contribution in [0.15, 0.2) is 29.6 Å². The van der Waals surface area contributed by atoms with Crippen LogP contribution in [0.1, 0.15) is 34.0 Å². The Bertz CT molecular complexity index is 1320. The van der Waals surface area contributed by atoms with E-state index in [2.05, 4.69) is 30.7 Å². The van der Waals surface area contributed by atoms with E-state index < -0.39 is 5.91 Å². The van der Waals surface area contributed by atoms with Gasteiger partial charge in [0.2, 0.25) is 11.7 Å². The predicted octanol–water partition coefficient (Wildman–Crippen LogP) is 3.00. The first-order valence-electron chi connectivity index (χ1n) is 9.37. The summed E-state index contributed by atoms with van der Waals surface area (Å²) in [5, 5.41) is 12.2. The number of hydrogen-bond donors (Lipinski definition) is 2. The maximum Gasteiger partial charge on any atom is 0.297 e. The summed E-state index contributed by atoms with van der Waals surface area (Å²) in [6.07, 6.45) is 1.18. The van der Waals surface area contributed by atoms with Gasteiger partial charge in [-0.3, -0.25) is 14.9 Å². The molecule has 0 radical (unpaired) electrons. The molecule has 0 aliphatic carbocycles. The summed E-state index contributed by atoms with van der Waals surface area (Å²) < 4.78 is 1.54. The van der Waals surface area contributed by atoms with E-state index in [1.807, 2.05) is 43.5 Å². The molecule has 9 nitrogen and oxygen atoms in total. The molecule has 5 rings (SSSR count). The minimum absolute atomic E-state index is 0.0371. The van der Waals surface area contributed by atoms with Crippen molar-refractivity contribution in [2.75, 3.05) is 10.6 Å². The van der Waals surface area contributed by atoms with Crippen molar-refractivity contribution in [2.24, 2.45) is 0 Å². The number of nitrogens with zero attached hydrogens (tertiary/aromatic N) is 5. The quantitative estimate of drug-likeness (QED) is 0.528. The second-order valence-electron chi connectivity index (χ2n) is 7.10. The SMILES string of the molecule is Cc1cc(C)n2nc(C(=O)Nc3nc(-c4ccc5c(c4)CCC(=O)N5)cs3)nc2n1.